The minimum atomic E-state index is -1.08. The van der Waals surface area contributed by atoms with Crippen molar-refractivity contribution in [3.8, 4) is 0 Å². The van der Waals surface area contributed by atoms with Gasteiger partial charge in [-0.2, -0.15) is 0 Å². The number of hydrogen-bond donors (Lipinski definition) is 2. The van der Waals surface area contributed by atoms with Gasteiger partial charge in [-0.1, -0.05) is 18.2 Å². The average molecular weight is 259 g/mol. The van der Waals surface area contributed by atoms with Gasteiger partial charge in [-0.25, -0.2) is 4.79 Å². The number of aliphatic carboxylic acids is 1. The maximum absolute atomic E-state index is 11.9. The molecule has 1 aromatic heterocycles. The highest BCUT2D eigenvalue weighted by Crippen LogP contribution is 2.06. The summed E-state index contributed by atoms with van der Waals surface area (Å²) >= 11 is 0. The summed E-state index contributed by atoms with van der Waals surface area (Å²) in [6.45, 7) is 0. The fraction of sp³-hybridized carbons (Fsp3) is 0.143. The number of carbonyl (C=O) groups is 2. The normalized spacial score (nSPS) is 11.8. The zero-order chi connectivity index (χ0) is 13.7. The minimum absolute atomic E-state index is 0.185. The van der Waals surface area contributed by atoms with Crippen molar-refractivity contribution in [2.75, 3.05) is 0 Å². The van der Waals surface area contributed by atoms with Crippen molar-refractivity contribution in [1.82, 2.24) is 5.32 Å². The summed E-state index contributed by atoms with van der Waals surface area (Å²) in [5.74, 6) is -1.48. The van der Waals surface area contributed by atoms with E-state index in [1.807, 2.05) is 0 Å². The third kappa shape index (κ3) is 3.45. The van der Waals surface area contributed by atoms with E-state index in [0.29, 0.717) is 5.56 Å². The molecular weight excluding hydrogens is 246 g/mol. The van der Waals surface area contributed by atoms with E-state index in [1.165, 1.54) is 12.5 Å². The molecule has 0 fully saturated rings. The van der Waals surface area contributed by atoms with Gasteiger partial charge in [-0.15, -0.1) is 0 Å². The smallest absolute Gasteiger partial charge is 0.326 e. The molecular formula is C14H13NO4. The largest absolute Gasteiger partial charge is 0.480 e. The molecule has 19 heavy (non-hydrogen) atoms. The van der Waals surface area contributed by atoms with Crippen LogP contribution in [-0.2, 0) is 11.2 Å². The number of carboxylic acid groups (broad SMARTS) is 1. The van der Waals surface area contributed by atoms with Crippen molar-refractivity contribution < 1.29 is 19.1 Å². The Morgan fingerprint density at radius 1 is 1.21 bits per heavy atom. The fourth-order valence-corrected chi connectivity index (χ4v) is 1.68. The first-order valence-electron chi connectivity index (χ1n) is 5.76. The van der Waals surface area contributed by atoms with Gasteiger partial charge in [0.15, 0.2) is 0 Å². The molecule has 0 bridgehead atoms. The molecule has 0 saturated heterocycles. The first-order chi connectivity index (χ1) is 9.16. The number of amides is 1. The van der Waals surface area contributed by atoms with Gasteiger partial charge in [0.25, 0.3) is 5.91 Å². The van der Waals surface area contributed by atoms with Gasteiger partial charge in [0.05, 0.1) is 12.5 Å². The van der Waals surface area contributed by atoms with Crippen molar-refractivity contribution in [2.24, 2.45) is 0 Å². The van der Waals surface area contributed by atoms with Crippen LogP contribution in [0, 0.1) is 0 Å². The predicted molar refractivity (Wildman–Crippen MR) is 67.7 cm³/mol. The molecule has 1 atom stereocenters. The number of rotatable bonds is 5. The van der Waals surface area contributed by atoms with Crippen LogP contribution in [-0.4, -0.2) is 23.0 Å². The SMILES string of the molecule is O=C(N[C@H](Cc1ccoc1)C(=O)O)c1ccccc1. The highest BCUT2D eigenvalue weighted by molar-refractivity contribution is 5.96. The van der Waals surface area contributed by atoms with Crippen molar-refractivity contribution >= 4 is 11.9 Å². The lowest BCUT2D eigenvalue weighted by Crippen LogP contribution is -2.42. The van der Waals surface area contributed by atoms with Crippen molar-refractivity contribution in [3.05, 3.63) is 60.1 Å². The zero-order valence-electron chi connectivity index (χ0n) is 10.1. The molecule has 2 aromatic rings. The van der Waals surface area contributed by atoms with Crippen molar-refractivity contribution in [2.45, 2.75) is 12.5 Å². The standard InChI is InChI=1S/C14H13NO4/c16-13(11-4-2-1-3-5-11)15-12(14(17)18)8-10-6-7-19-9-10/h1-7,9,12H,8H2,(H,15,16)(H,17,18)/t12-/m1/s1. The maximum atomic E-state index is 11.9. The van der Waals surface area contributed by atoms with E-state index in [0.717, 1.165) is 5.56 Å². The molecule has 0 radical (unpaired) electrons. The Morgan fingerprint density at radius 2 is 1.95 bits per heavy atom. The topological polar surface area (TPSA) is 79.5 Å². The van der Waals surface area contributed by atoms with E-state index in [2.05, 4.69) is 5.32 Å². The number of furan rings is 1. The summed E-state index contributed by atoms with van der Waals surface area (Å²) in [5.41, 5.74) is 1.15. The van der Waals surface area contributed by atoms with Gasteiger partial charge >= 0.3 is 5.97 Å². The number of benzene rings is 1. The van der Waals surface area contributed by atoms with Crippen LogP contribution in [0.2, 0.25) is 0 Å². The lowest BCUT2D eigenvalue weighted by Gasteiger charge is -2.13. The maximum Gasteiger partial charge on any atom is 0.326 e. The molecule has 2 rings (SSSR count). The van der Waals surface area contributed by atoms with Gasteiger partial charge < -0.3 is 14.8 Å². The average Bonchev–Trinajstić information content (AvgIpc) is 2.91. The summed E-state index contributed by atoms with van der Waals surface area (Å²) in [4.78, 5) is 23.0. The molecule has 0 spiro atoms. The van der Waals surface area contributed by atoms with Crippen LogP contribution >= 0.6 is 0 Å². The molecule has 1 aromatic carbocycles. The highest BCUT2D eigenvalue weighted by Gasteiger charge is 2.21. The second kappa shape index (κ2) is 5.86. The van der Waals surface area contributed by atoms with Crippen LogP contribution in [0.1, 0.15) is 15.9 Å². The lowest BCUT2D eigenvalue weighted by atomic mass is 10.1. The van der Waals surface area contributed by atoms with Gasteiger partial charge in [-0.05, 0) is 23.8 Å². The van der Waals surface area contributed by atoms with Gasteiger partial charge in [0.2, 0.25) is 0 Å². The van der Waals surface area contributed by atoms with Crippen LogP contribution in [0.25, 0.3) is 0 Å². The third-order valence-corrected chi connectivity index (χ3v) is 2.66. The molecule has 0 aliphatic heterocycles. The van der Waals surface area contributed by atoms with Gasteiger partial charge in [-0.3, -0.25) is 4.79 Å². The summed E-state index contributed by atoms with van der Waals surface area (Å²) in [5, 5.41) is 11.6. The Balaban J connectivity index is 2.05. The Labute approximate surface area is 109 Å². The molecule has 0 saturated carbocycles. The van der Waals surface area contributed by atoms with Crippen LogP contribution in [0.4, 0.5) is 0 Å². The summed E-state index contributed by atoms with van der Waals surface area (Å²) in [6.07, 6.45) is 3.11. The molecule has 0 aliphatic rings. The Morgan fingerprint density at radius 3 is 2.53 bits per heavy atom. The Kier molecular flexibility index (Phi) is 3.97. The number of carboxylic acids is 1. The van der Waals surface area contributed by atoms with E-state index < -0.39 is 17.9 Å². The van der Waals surface area contributed by atoms with E-state index in [1.54, 1.807) is 36.4 Å². The van der Waals surface area contributed by atoms with Gasteiger partial charge in [0.1, 0.15) is 6.04 Å². The van der Waals surface area contributed by atoms with Crippen LogP contribution < -0.4 is 5.32 Å². The quantitative estimate of drug-likeness (QED) is 0.856. The molecule has 0 unspecified atom stereocenters. The minimum Gasteiger partial charge on any atom is -0.480 e. The third-order valence-electron chi connectivity index (χ3n) is 2.66. The first kappa shape index (κ1) is 12.9. The summed E-state index contributed by atoms with van der Waals surface area (Å²) in [7, 11) is 0. The second-order valence-corrected chi connectivity index (χ2v) is 4.07. The molecule has 98 valence electrons. The van der Waals surface area contributed by atoms with E-state index in [-0.39, 0.29) is 6.42 Å². The molecule has 0 aliphatic carbocycles. The van der Waals surface area contributed by atoms with Crippen molar-refractivity contribution in [1.29, 1.82) is 0 Å². The number of hydrogen-bond acceptors (Lipinski definition) is 3. The van der Waals surface area contributed by atoms with Crippen LogP contribution in [0.3, 0.4) is 0 Å². The van der Waals surface area contributed by atoms with E-state index >= 15 is 0 Å². The first-order valence-corrected chi connectivity index (χ1v) is 5.76. The molecule has 1 heterocycles. The molecule has 5 heteroatoms. The molecule has 1 amide bonds. The molecule has 2 N–H and O–H groups in total. The fourth-order valence-electron chi connectivity index (χ4n) is 1.68. The van der Waals surface area contributed by atoms with Crippen LogP contribution in [0.15, 0.2) is 53.3 Å². The number of nitrogens with one attached hydrogen (secondary N) is 1. The van der Waals surface area contributed by atoms with E-state index in [9.17, 15) is 9.59 Å². The predicted octanol–water partition coefficient (Wildman–Crippen LogP) is 1.71. The zero-order valence-corrected chi connectivity index (χ0v) is 10.1. The molecule has 5 nitrogen and oxygen atoms in total. The van der Waals surface area contributed by atoms with Gasteiger partial charge in [0, 0.05) is 12.0 Å². The summed E-state index contributed by atoms with van der Waals surface area (Å²) in [6, 6.07) is 9.19. The second-order valence-electron chi connectivity index (χ2n) is 4.07. The highest BCUT2D eigenvalue weighted by atomic mass is 16.4. The number of carbonyl (C=O) groups excluding carboxylic acids is 1. The monoisotopic (exact) mass is 259 g/mol. The van der Waals surface area contributed by atoms with E-state index in [4.69, 9.17) is 9.52 Å². The Hall–Kier alpha value is -2.56. The van der Waals surface area contributed by atoms with Crippen LogP contribution in [0.5, 0.6) is 0 Å². The lowest BCUT2D eigenvalue weighted by molar-refractivity contribution is -0.139. The van der Waals surface area contributed by atoms with Crippen molar-refractivity contribution in [3.63, 3.8) is 0 Å². The Bertz CT molecular complexity index is 548. The summed E-state index contributed by atoms with van der Waals surface area (Å²) < 4.78 is 4.88.